The Labute approximate surface area is 136 Å². The van der Waals surface area contributed by atoms with Crippen molar-refractivity contribution in [3.8, 4) is 5.75 Å². The molecule has 0 aromatic heterocycles. The average Bonchev–Trinajstić information content (AvgIpc) is 2.46. The van der Waals surface area contributed by atoms with E-state index in [9.17, 15) is 0 Å². The Hall–Kier alpha value is -1.28. The molecule has 0 bridgehead atoms. The van der Waals surface area contributed by atoms with Crippen molar-refractivity contribution in [3.05, 3.63) is 64.2 Å². The zero-order valence-corrected chi connectivity index (χ0v) is 15.0. The molecule has 1 atom stereocenters. The van der Waals surface area contributed by atoms with Gasteiger partial charge in [0.2, 0.25) is 0 Å². The quantitative estimate of drug-likeness (QED) is 0.624. The van der Waals surface area contributed by atoms with Crippen LogP contribution in [0.1, 0.15) is 52.4 Å². The Morgan fingerprint density at radius 1 is 0.857 bits per heavy atom. The molecule has 1 unspecified atom stereocenters. The number of rotatable bonds is 4. The van der Waals surface area contributed by atoms with E-state index in [1.54, 1.807) is 7.11 Å². The highest BCUT2D eigenvalue weighted by Crippen LogP contribution is 2.35. The molecule has 0 heterocycles. The Balaban J connectivity index is 2.33. The number of methoxy groups -OCH3 is 1. The second-order valence-corrected chi connectivity index (χ2v) is 6.79. The van der Waals surface area contributed by atoms with Gasteiger partial charge in [0, 0.05) is 0 Å². The fourth-order valence-electron chi connectivity index (χ4n) is 2.69. The van der Waals surface area contributed by atoms with Crippen LogP contribution in [-0.2, 0) is 0 Å². The van der Waals surface area contributed by atoms with E-state index in [0.29, 0.717) is 5.92 Å². The number of hydrogen-bond acceptors (Lipinski definition) is 1. The first-order valence-electron chi connectivity index (χ1n) is 7.33. The summed E-state index contributed by atoms with van der Waals surface area (Å²) in [6.07, 6.45) is 0. The van der Waals surface area contributed by atoms with E-state index in [1.165, 1.54) is 27.8 Å². The maximum absolute atomic E-state index is 5.44. The standard InChI is InChI=1S/C19H23BrO/c1-12(2)15-6-8-16(9-7-15)18(20)17-10-13(3)19(21-5)14(4)11-17/h6-12,18H,1-5H3. The smallest absolute Gasteiger partial charge is 0.124 e. The molecule has 0 saturated carbocycles. The van der Waals surface area contributed by atoms with Gasteiger partial charge in [-0.05, 0) is 47.6 Å². The van der Waals surface area contributed by atoms with Crippen LogP contribution >= 0.6 is 15.9 Å². The van der Waals surface area contributed by atoms with Gasteiger partial charge in [-0.25, -0.2) is 0 Å². The largest absolute Gasteiger partial charge is 0.496 e. The minimum atomic E-state index is 0.210. The molecule has 0 aliphatic heterocycles. The average molecular weight is 347 g/mol. The van der Waals surface area contributed by atoms with Crippen molar-refractivity contribution in [1.29, 1.82) is 0 Å². The Kier molecular flexibility index (Phi) is 5.10. The van der Waals surface area contributed by atoms with Gasteiger partial charge in [0.1, 0.15) is 5.75 Å². The summed E-state index contributed by atoms with van der Waals surface area (Å²) >= 11 is 3.83. The summed E-state index contributed by atoms with van der Waals surface area (Å²) in [5, 5.41) is 0. The third-order valence-electron chi connectivity index (χ3n) is 3.88. The lowest BCUT2D eigenvalue weighted by atomic mass is 9.97. The summed E-state index contributed by atoms with van der Waals surface area (Å²) in [4.78, 5) is 0.210. The molecule has 2 rings (SSSR count). The van der Waals surface area contributed by atoms with Gasteiger partial charge in [0.15, 0.2) is 0 Å². The van der Waals surface area contributed by atoms with Gasteiger partial charge in [-0.3, -0.25) is 0 Å². The number of hydrogen-bond donors (Lipinski definition) is 0. The van der Waals surface area contributed by atoms with E-state index in [1.807, 2.05) is 0 Å². The van der Waals surface area contributed by atoms with Crippen LogP contribution in [0.5, 0.6) is 5.75 Å². The Bertz CT molecular complexity index is 591. The number of aryl methyl sites for hydroxylation is 2. The SMILES string of the molecule is COc1c(C)cc(C(Br)c2ccc(C(C)C)cc2)cc1C. The highest BCUT2D eigenvalue weighted by Gasteiger charge is 2.14. The third-order valence-corrected chi connectivity index (χ3v) is 4.93. The van der Waals surface area contributed by atoms with E-state index in [-0.39, 0.29) is 4.83 Å². The lowest BCUT2D eigenvalue weighted by molar-refractivity contribution is 0.408. The molecule has 0 saturated heterocycles. The van der Waals surface area contributed by atoms with Gasteiger partial charge >= 0.3 is 0 Å². The molecule has 21 heavy (non-hydrogen) atoms. The summed E-state index contributed by atoms with van der Waals surface area (Å²) in [7, 11) is 1.73. The maximum atomic E-state index is 5.44. The van der Waals surface area contributed by atoms with Gasteiger partial charge in [-0.15, -0.1) is 0 Å². The molecule has 0 amide bonds. The second-order valence-electron chi connectivity index (χ2n) is 5.87. The molecule has 0 N–H and O–H groups in total. The van der Waals surface area contributed by atoms with Crippen molar-refractivity contribution < 1.29 is 4.74 Å². The molecular formula is C19H23BrO. The molecule has 0 spiro atoms. The van der Waals surface area contributed by atoms with Gasteiger partial charge < -0.3 is 4.74 Å². The molecule has 2 aromatic carbocycles. The van der Waals surface area contributed by atoms with Gasteiger partial charge in [0.05, 0.1) is 11.9 Å². The van der Waals surface area contributed by atoms with E-state index in [2.05, 4.69) is 80.0 Å². The molecule has 0 aliphatic rings. The minimum Gasteiger partial charge on any atom is -0.496 e. The molecule has 0 aliphatic carbocycles. The first kappa shape index (κ1) is 16.1. The van der Waals surface area contributed by atoms with Crippen molar-refractivity contribution in [3.63, 3.8) is 0 Å². The van der Waals surface area contributed by atoms with Crippen LogP contribution in [-0.4, -0.2) is 7.11 Å². The molecule has 0 radical (unpaired) electrons. The second kappa shape index (κ2) is 6.65. The monoisotopic (exact) mass is 346 g/mol. The number of ether oxygens (including phenoxy) is 1. The summed E-state index contributed by atoms with van der Waals surface area (Å²) in [5.41, 5.74) is 6.28. The molecular weight excluding hydrogens is 324 g/mol. The lowest BCUT2D eigenvalue weighted by Crippen LogP contribution is -1.98. The van der Waals surface area contributed by atoms with Gasteiger partial charge in [0.25, 0.3) is 0 Å². The van der Waals surface area contributed by atoms with Crippen LogP contribution in [0.25, 0.3) is 0 Å². The Morgan fingerprint density at radius 3 is 1.76 bits per heavy atom. The number of halogens is 1. The van der Waals surface area contributed by atoms with Crippen LogP contribution in [0.4, 0.5) is 0 Å². The zero-order valence-electron chi connectivity index (χ0n) is 13.4. The van der Waals surface area contributed by atoms with Crippen LogP contribution < -0.4 is 4.74 Å². The van der Waals surface area contributed by atoms with Crippen LogP contribution in [0, 0.1) is 13.8 Å². The van der Waals surface area contributed by atoms with Crippen molar-refractivity contribution in [2.75, 3.05) is 7.11 Å². The topological polar surface area (TPSA) is 9.23 Å². The van der Waals surface area contributed by atoms with E-state index in [0.717, 1.165) is 5.75 Å². The summed E-state index contributed by atoms with van der Waals surface area (Å²) in [5.74, 6) is 1.55. The zero-order chi connectivity index (χ0) is 15.6. The van der Waals surface area contributed by atoms with Crippen LogP contribution in [0.2, 0.25) is 0 Å². The number of alkyl halides is 1. The first-order valence-corrected chi connectivity index (χ1v) is 8.24. The van der Waals surface area contributed by atoms with Crippen molar-refractivity contribution in [2.45, 2.75) is 38.4 Å². The number of benzene rings is 2. The molecule has 1 nitrogen and oxygen atoms in total. The minimum absolute atomic E-state index is 0.210. The van der Waals surface area contributed by atoms with E-state index in [4.69, 9.17) is 4.74 Å². The molecule has 112 valence electrons. The first-order chi connectivity index (χ1) is 9.93. The predicted octanol–water partition coefficient (Wildman–Crippen LogP) is 5.92. The summed E-state index contributed by atoms with van der Waals surface area (Å²) < 4.78 is 5.44. The van der Waals surface area contributed by atoms with Crippen molar-refractivity contribution in [2.24, 2.45) is 0 Å². The molecule has 2 heteroatoms. The lowest BCUT2D eigenvalue weighted by Gasteiger charge is -2.16. The predicted molar refractivity (Wildman–Crippen MR) is 93.8 cm³/mol. The highest BCUT2D eigenvalue weighted by atomic mass is 79.9. The van der Waals surface area contributed by atoms with Crippen molar-refractivity contribution in [1.82, 2.24) is 0 Å². The van der Waals surface area contributed by atoms with Gasteiger partial charge in [-0.1, -0.05) is 66.2 Å². The molecule has 0 fully saturated rings. The van der Waals surface area contributed by atoms with Crippen LogP contribution in [0.3, 0.4) is 0 Å². The fraction of sp³-hybridized carbons (Fsp3) is 0.368. The highest BCUT2D eigenvalue weighted by molar-refractivity contribution is 9.09. The Morgan fingerprint density at radius 2 is 1.33 bits per heavy atom. The van der Waals surface area contributed by atoms with Crippen molar-refractivity contribution >= 4 is 15.9 Å². The normalized spacial score (nSPS) is 12.5. The van der Waals surface area contributed by atoms with Crippen LogP contribution in [0.15, 0.2) is 36.4 Å². The summed E-state index contributed by atoms with van der Waals surface area (Å²) in [6, 6.07) is 13.3. The van der Waals surface area contributed by atoms with Gasteiger partial charge in [-0.2, -0.15) is 0 Å². The third kappa shape index (κ3) is 3.49. The fourth-order valence-corrected chi connectivity index (χ4v) is 3.26. The van der Waals surface area contributed by atoms with E-state index < -0.39 is 0 Å². The maximum Gasteiger partial charge on any atom is 0.124 e. The van der Waals surface area contributed by atoms with E-state index >= 15 is 0 Å². The summed E-state index contributed by atoms with van der Waals surface area (Å²) in [6.45, 7) is 8.63. The molecule has 2 aromatic rings.